The van der Waals surface area contributed by atoms with E-state index >= 15 is 0 Å². The molecule has 0 atom stereocenters. The Morgan fingerprint density at radius 1 is 1.03 bits per heavy atom. The highest BCUT2D eigenvalue weighted by atomic mass is 32.1. The van der Waals surface area contributed by atoms with Crippen molar-refractivity contribution in [1.82, 2.24) is 19.7 Å². The molecule has 0 unspecified atom stereocenters. The van der Waals surface area contributed by atoms with E-state index < -0.39 is 11.7 Å². The van der Waals surface area contributed by atoms with Crippen LogP contribution in [0, 0.1) is 6.92 Å². The lowest BCUT2D eigenvalue weighted by molar-refractivity contribution is -0.137. The second-order valence-corrected chi connectivity index (χ2v) is 10.8. The van der Waals surface area contributed by atoms with Crippen LogP contribution in [0.5, 0.6) is 0 Å². The van der Waals surface area contributed by atoms with Gasteiger partial charge in [-0.1, -0.05) is 12.1 Å². The molecule has 11 heteroatoms. The second-order valence-electron chi connectivity index (χ2n) is 8.69. The number of piperazine rings is 1. The number of halogens is 3. The number of aryl methyl sites for hydroxylation is 1. The van der Waals surface area contributed by atoms with E-state index in [1.807, 2.05) is 11.8 Å². The standard InChI is InChI=1S/C24H23F3N4O2S2/c1-15-19(16-3-2-4-17(11-16)24(25,26)27)12-20(35-15)22(32)31-13-18(14-31)29-6-8-30(9-7-29)23(33)21-28-5-10-34-21/h2-5,10-12,18H,6-9,13-14H2,1H3. The molecule has 5 rings (SSSR count). The molecule has 6 nitrogen and oxygen atoms in total. The number of alkyl halides is 3. The van der Waals surface area contributed by atoms with Crippen molar-refractivity contribution in [2.24, 2.45) is 0 Å². The molecule has 4 heterocycles. The second kappa shape index (κ2) is 9.36. The maximum absolute atomic E-state index is 13.1. The molecule has 2 fully saturated rings. The lowest BCUT2D eigenvalue weighted by atomic mass is 10.0. The van der Waals surface area contributed by atoms with E-state index in [9.17, 15) is 22.8 Å². The predicted molar refractivity (Wildman–Crippen MR) is 129 cm³/mol. The van der Waals surface area contributed by atoms with Crippen LogP contribution < -0.4 is 0 Å². The number of hydrogen-bond donors (Lipinski definition) is 0. The van der Waals surface area contributed by atoms with Crippen LogP contribution in [-0.4, -0.2) is 76.8 Å². The average molecular weight is 521 g/mol. The van der Waals surface area contributed by atoms with Crippen molar-refractivity contribution < 1.29 is 22.8 Å². The lowest BCUT2D eigenvalue weighted by Crippen LogP contribution is -2.64. The van der Waals surface area contributed by atoms with Gasteiger partial charge in [0.2, 0.25) is 0 Å². The van der Waals surface area contributed by atoms with Gasteiger partial charge in [-0.25, -0.2) is 4.98 Å². The normalized spacial score (nSPS) is 17.5. The van der Waals surface area contributed by atoms with Gasteiger partial charge in [-0.15, -0.1) is 22.7 Å². The van der Waals surface area contributed by atoms with Gasteiger partial charge >= 0.3 is 6.18 Å². The highest BCUT2D eigenvalue weighted by Crippen LogP contribution is 2.36. The van der Waals surface area contributed by atoms with Gasteiger partial charge in [-0.3, -0.25) is 14.5 Å². The number of amides is 2. The summed E-state index contributed by atoms with van der Waals surface area (Å²) in [6, 6.07) is 7.15. The molecular weight excluding hydrogens is 497 g/mol. The number of carbonyl (C=O) groups is 2. The van der Waals surface area contributed by atoms with Crippen molar-refractivity contribution in [1.29, 1.82) is 0 Å². The molecule has 0 saturated carbocycles. The summed E-state index contributed by atoms with van der Waals surface area (Å²) in [4.78, 5) is 36.8. The summed E-state index contributed by atoms with van der Waals surface area (Å²) < 4.78 is 39.3. The first-order valence-corrected chi connectivity index (χ1v) is 12.9. The van der Waals surface area contributed by atoms with Crippen LogP contribution in [0.4, 0.5) is 13.2 Å². The number of rotatable bonds is 4. The van der Waals surface area contributed by atoms with E-state index in [1.54, 1.807) is 28.6 Å². The first kappa shape index (κ1) is 24.0. The molecule has 0 aliphatic carbocycles. The smallest absolute Gasteiger partial charge is 0.335 e. The minimum atomic E-state index is -4.41. The van der Waals surface area contributed by atoms with Gasteiger partial charge in [0.25, 0.3) is 11.8 Å². The molecule has 0 spiro atoms. The lowest BCUT2D eigenvalue weighted by Gasteiger charge is -2.47. The van der Waals surface area contributed by atoms with Crippen LogP contribution in [0.15, 0.2) is 41.9 Å². The fraction of sp³-hybridized carbons (Fsp3) is 0.375. The quantitative estimate of drug-likeness (QED) is 0.509. The van der Waals surface area contributed by atoms with E-state index in [4.69, 9.17) is 0 Å². The maximum atomic E-state index is 13.1. The Morgan fingerprint density at radius 2 is 1.77 bits per heavy atom. The number of nitrogens with zero attached hydrogens (tertiary/aromatic N) is 4. The van der Waals surface area contributed by atoms with Crippen LogP contribution in [0.25, 0.3) is 11.1 Å². The number of hydrogen-bond acceptors (Lipinski definition) is 6. The van der Waals surface area contributed by atoms with Crippen LogP contribution >= 0.6 is 22.7 Å². The van der Waals surface area contributed by atoms with E-state index in [0.717, 1.165) is 30.1 Å². The maximum Gasteiger partial charge on any atom is 0.416 e. The summed E-state index contributed by atoms with van der Waals surface area (Å²) in [6.07, 6.45) is -2.78. The van der Waals surface area contributed by atoms with Gasteiger partial charge in [0.05, 0.1) is 10.4 Å². The Labute approximate surface area is 208 Å². The van der Waals surface area contributed by atoms with Crippen molar-refractivity contribution >= 4 is 34.5 Å². The monoisotopic (exact) mass is 520 g/mol. The molecule has 0 N–H and O–H groups in total. The van der Waals surface area contributed by atoms with Crippen LogP contribution in [0.2, 0.25) is 0 Å². The molecule has 2 aliphatic rings. The zero-order valence-electron chi connectivity index (χ0n) is 18.9. The van der Waals surface area contributed by atoms with Gasteiger partial charge < -0.3 is 9.80 Å². The third kappa shape index (κ3) is 4.85. The van der Waals surface area contributed by atoms with Gasteiger partial charge in [0.1, 0.15) is 0 Å². The minimum absolute atomic E-state index is 0.0327. The van der Waals surface area contributed by atoms with Gasteiger partial charge in [-0.05, 0) is 36.2 Å². The summed E-state index contributed by atoms with van der Waals surface area (Å²) in [6.45, 7) is 5.80. The van der Waals surface area contributed by atoms with E-state index in [2.05, 4.69) is 9.88 Å². The molecule has 0 bridgehead atoms. The highest BCUT2D eigenvalue weighted by Gasteiger charge is 2.38. The molecule has 0 radical (unpaired) electrons. The summed E-state index contributed by atoms with van der Waals surface area (Å²) in [5.41, 5.74) is 0.411. The first-order valence-electron chi connectivity index (χ1n) is 11.2. The molecule has 3 aromatic rings. The van der Waals surface area contributed by atoms with Crippen molar-refractivity contribution in [2.45, 2.75) is 19.1 Å². The van der Waals surface area contributed by atoms with Gasteiger partial charge in [0.15, 0.2) is 5.01 Å². The zero-order chi connectivity index (χ0) is 24.7. The third-order valence-corrected chi connectivity index (χ3v) is 8.31. The van der Waals surface area contributed by atoms with Crippen LogP contribution in [-0.2, 0) is 6.18 Å². The fourth-order valence-electron chi connectivity index (χ4n) is 4.50. The molecular formula is C24H23F3N4O2S2. The number of aromatic nitrogens is 1. The number of likely N-dealkylation sites (tertiary alicyclic amines) is 1. The molecule has 2 amide bonds. The summed E-state index contributed by atoms with van der Waals surface area (Å²) in [5.74, 6) is -0.125. The zero-order valence-corrected chi connectivity index (χ0v) is 20.6. The molecule has 2 aromatic heterocycles. The Hall–Kier alpha value is -2.76. The number of thiazole rings is 1. The van der Waals surface area contributed by atoms with Crippen molar-refractivity contribution in [3.63, 3.8) is 0 Å². The number of carbonyl (C=O) groups excluding carboxylic acids is 2. The molecule has 35 heavy (non-hydrogen) atoms. The number of thiophene rings is 1. The molecule has 184 valence electrons. The largest absolute Gasteiger partial charge is 0.416 e. The summed E-state index contributed by atoms with van der Waals surface area (Å²) in [7, 11) is 0. The van der Waals surface area contributed by atoms with Crippen molar-refractivity contribution in [2.75, 3.05) is 39.3 Å². The SMILES string of the molecule is Cc1sc(C(=O)N2CC(N3CCN(C(=O)c4nccs4)CC3)C2)cc1-c1cccc(C(F)(F)F)c1. The van der Waals surface area contributed by atoms with Crippen molar-refractivity contribution in [3.05, 3.63) is 62.2 Å². The third-order valence-electron chi connectivity index (χ3n) is 6.51. The Kier molecular flexibility index (Phi) is 6.41. The topological polar surface area (TPSA) is 56.8 Å². The Bertz CT molecular complexity index is 1230. The highest BCUT2D eigenvalue weighted by molar-refractivity contribution is 7.14. The Morgan fingerprint density at radius 3 is 2.43 bits per heavy atom. The fourth-order valence-corrected chi connectivity index (χ4v) is 6.11. The first-order chi connectivity index (χ1) is 16.7. The van der Waals surface area contributed by atoms with E-state index in [1.165, 1.54) is 28.7 Å². The molecule has 2 aliphatic heterocycles. The van der Waals surface area contributed by atoms with Crippen LogP contribution in [0.3, 0.4) is 0 Å². The summed E-state index contributed by atoms with van der Waals surface area (Å²) in [5, 5.41) is 2.30. The average Bonchev–Trinajstić information content (AvgIpc) is 3.48. The molecule has 1 aromatic carbocycles. The Balaban J connectivity index is 1.17. The predicted octanol–water partition coefficient (Wildman–Crippen LogP) is 4.48. The number of benzene rings is 1. The van der Waals surface area contributed by atoms with Gasteiger partial charge in [0, 0.05) is 61.8 Å². The van der Waals surface area contributed by atoms with E-state index in [0.29, 0.717) is 47.2 Å². The minimum Gasteiger partial charge on any atom is -0.335 e. The van der Waals surface area contributed by atoms with Crippen molar-refractivity contribution in [3.8, 4) is 11.1 Å². The van der Waals surface area contributed by atoms with E-state index in [-0.39, 0.29) is 17.9 Å². The van der Waals surface area contributed by atoms with Crippen LogP contribution in [0.1, 0.15) is 29.9 Å². The van der Waals surface area contributed by atoms with Gasteiger partial charge in [-0.2, -0.15) is 13.2 Å². The summed E-state index contributed by atoms with van der Waals surface area (Å²) >= 11 is 2.65. The molecule has 2 saturated heterocycles.